The maximum atomic E-state index is 14.0. The lowest BCUT2D eigenvalue weighted by Crippen LogP contribution is -2.33. The first kappa shape index (κ1) is 20.9. The third kappa shape index (κ3) is 3.77. The van der Waals surface area contributed by atoms with Crippen LogP contribution in [-0.4, -0.2) is 54.1 Å². The highest BCUT2D eigenvalue weighted by Gasteiger charge is 2.30. The molecule has 4 rings (SSSR count). The molecule has 31 heavy (non-hydrogen) atoms. The van der Waals surface area contributed by atoms with Crippen molar-refractivity contribution < 1.29 is 22.5 Å². The fraction of sp³-hybridized carbons (Fsp3) is 0.250. The van der Waals surface area contributed by atoms with E-state index < -0.39 is 20.8 Å². The summed E-state index contributed by atoms with van der Waals surface area (Å²) in [6, 6.07) is 5.54. The molecule has 0 amide bonds. The van der Waals surface area contributed by atoms with Gasteiger partial charge in [0.25, 0.3) is 0 Å². The molecule has 0 spiro atoms. The van der Waals surface area contributed by atoms with Gasteiger partial charge in [-0.2, -0.15) is 4.31 Å². The van der Waals surface area contributed by atoms with E-state index in [1.807, 2.05) is 0 Å². The van der Waals surface area contributed by atoms with E-state index in [1.54, 1.807) is 12.1 Å². The minimum atomic E-state index is -3.35. The van der Waals surface area contributed by atoms with Gasteiger partial charge in [-0.3, -0.25) is 10.1 Å². The summed E-state index contributed by atoms with van der Waals surface area (Å²) in [6.07, 6.45) is 4.57. The summed E-state index contributed by atoms with van der Waals surface area (Å²) in [7, 11) is -1.92. The van der Waals surface area contributed by atoms with Crippen molar-refractivity contribution in [2.24, 2.45) is 0 Å². The maximum absolute atomic E-state index is 14.0. The van der Waals surface area contributed by atoms with Gasteiger partial charge in [-0.05, 0) is 36.3 Å². The Kier molecular flexibility index (Phi) is 5.23. The number of hydrogen-bond acceptors (Lipinski definition) is 6. The molecule has 1 aliphatic rings. The molecule has 1 aliphatic heterocycles. The Morgan fingerprint density at radius 2 is 2.06 bits per heavy atom. The molecule has 0 bridgehead atoms. The third-order valence-electron chi connectivity index (χ3n) is 5.26. The van der Waals surface area contributed by atoms with Crippen molar-refractivity contribution in [3.05, 3.63) is 58.2 Å². The minimum absolute atomic E-state index is 0.124. The van der Waals surface area contributed by atoms with Crippen LogP contribution in [0.4, 0.5) is 10.1 Å². The van der Waals surface area contributed by atoms with Gasteiger partial charge in [-0.15, -0.1) is 0 Å². The van der Waals surface area contributed by atoms with E-state index in [2.05, 4.69) is 9.97 Å². The van der Waals surface area contributed by atoms with E-state index in [-0.39, 0.29) is 35.5 Å². The average Bonchev–Trinajstić information content (AvgIpc) is 3.13. The van der Waals surface area contributed by atoms with E-state index in [0.717, 1.165) is 6.26 Å². The van der Waals surface area contributed by atoms with Gasteiger partial charge >= 0.3 is 5.69 Å². The highest BCUT2D eigenvalue weighted by Crippen LogP contribution is 2.43. The van der Waals surface area contributed by atoms with Gasteiger partial charge in [0, 0.05) is 30.4 Å². The fourth-order valence-electron chi connectivity index (χ4n) is 3.81. The predicted molar refractivity (Wildman–Crippen MR) is 114 cm³/mol. The number of ether oxygens (including phenoxy) is 1. The molecule has 0 unspecified atom stereocenters. The van der Waals surface area contributed by atoms with Crippen LogP contribution in [0.2, 0.25) is 0 Å². The van der Waals surface area contributed by atoms with E-state index >= 15 is 0 Å². The number of fused-ring (bicyclic) bond motifs is 1. The Morgan fingerprint density at radius 1 is 1.29 bits per heavy atom. The standard InChI is InChI=1S/C20H19FN4O5S/c1-30-16-4-3-13(21)11-15(16)14-5-8-22-20-17(14)19(25(26)27)18(23-20)12-6-9-24(10-7-12)31(2,28)29/h3-6,8,11H,7,9-10H2,1-2H3,(H,22,23). The third-order valence-corrected chi connectivity index (χ3v) is 6.53. The topological polar surface area (TPSA) is 118 Å². The van der Waals surface area contributed by atoms with Gasteiger partial charge < -0.3 is 9.72 Å². The number of rotatable bonds is 5. The smallest absolute Gasteiger partial charge is 0.304 e. The number of methoxy groups -OCH3 is 1. The minimum Gasteiger partial charge on any atom is -0.496 e. The molecular weight excluding hydrogens is 427 g/mol. The van der Waals surface area contributed by atoms with Crippen molar-refractivity contribution in [3.8, 4) is 16.9 Å². The quantitative estimate of drug-likeness (QED) is 0.474. The Bertz CT molecular complexity index is 1330. The monoisotopic (exact) mass is 446 g/mol. The second-order valence-corrected chi connectivity index (χ2v) is 9.12. The lowest BCUT2D eigenvalue weighted by molar-refractivity contribution is -0.383. The number of pyridine rings is 1. The number of nitrogens with zero attached hydrogens (tertiary/aromatic N) is 3. The number of nitrogens with one attached hydrogen (secondary N) is 1. The molecule has 1 N–H and O–H groups in total. The summed E-state index contributed by atoms with van der Waals surface area (Å²) in [6.45, 7) is 0.341. The Balaban J connectivity index is 1.93. The van der Waals surface area contributed by atoms with Crippen LogP contribution >= 0.6 is 0 Å². The summed E-state index contributed by atoms with van der Waals surface area (Å²) in [5.74, 6) is -0.137. The van der Waals surface area contributed by atoms with E-state index in [9.17, 15) is 22.9 Å². The molecule has 2 aromatic heterocycles. The van der Waals surface area contributed by atoms with Crippen LogP contribution in [-0.2, 0) is 10.0 Å². The average molecular weight is 446 g/mol. The zero-order valence-electron chi connectivity index (χ0n) is 16.8. The molecule has 0 saturated carbocycles. The predicted octanol–water partition coefficient (Wildman–Crippen LogP) is 3.33. The molecule has 0 saturated heterocycles. The van der Waals surface area contributed by atoms with Crippen LogP contribution in [0.3, 0.4) is 0 Å². The van der Waals surface area contributed by atoms with Crippen LogP contribution in [0.1, 0.15) is 12.1 Å². The van der Waals surface area contributed by atoms with Crippen molar-refractivity contribution in [2.45, 2.75) is 6.42 Å². The number of aromatic nitrogens is 2. The summed E-state index contributed by atoms with van der Waals surface area (Å²) in [4.78, 5) is 18.8. The summed E-state index contributed by atoms with van der Waals surface area (Å²) in [5.41, 5.74) is 1.75. The van der Waals surface area contributed by atoms with Crippen LogP contribution in [0.15, 0.2) is 36.5 Å². The van der Waals surface area contributed by atoms with Crippen LogP contribution < -0.4 is 4.74 Å². The van der Waals surface area contributed by atoms with Crippen LogP contribution in [0.25, 0.3) is 27.7 Å². The number of benzene rings is 1. The lowest BCUT2D eigenvalue weighted by atomic mass is 9.99. The van der Waals surface area contributed by atoms with Crippen LogP contribution in [0, 0.1) is 15.9 Å². The number of sulfonamides is 1. The number of H-pyrrole nitrogens is 1. The normalized spacial score (nSPS) is 15.1. The highest BCUT2D eigenvalue weighted by molar-refractivity contribution is 7.88. The highest BCUT2D eigenvalue weighted by atomic mass is 32.2. The zero-order valence-corrected chi connectivity index (χ0v) is 17.6. The largest absolute Gasteiger partial charge is 0.496 e. The molecule has 0 radical (unpaired) electrons. The van der Waals surface area contributed by atoms with Crippen molar-refractivity contribution in [2.75, 3.05) is 26.5 Å². The molecular formula is C20H19FN4O5S. The Hall–Kier alpha value is -3.31. The van der Waals surface area contributed by atoms with Gasteiger partial charge in [-0.1, -0.05) is 6.08 Å². The Labute approximate surface area is 177 Å². The van der Waals surface area contributed by atoms with E-state index in [4.69, 9.17) is 4.74 Å². The maximum Gasteiger partial charge on any atom is 0.304 e. The second-order valence-electron chi connectivity index (χ2n) is 7.13. The molecule has 0 fully saturated rings. The van der Waals surface area contributed by atoms with Gasteiger partial charge in [0.05, 0.1) is 18.3 Å². The first-order chi connectivity index (χ1) is 14.7. The van der Waals surface area contributed by atoms with Gasteiger partial charge in [0.2, 0.25) is 10.0 Å². The molecule has 11 heteroatoms. The molecule has 9 nitrogen and oxygen atoms in total. The zero-order chi connectivity index (χ0) is 22.3. The van der Waals surface area contributed by atoms with Gasteiger partial charge in [0.1, 0.15) is 28.3 Å². The van der Waals surface area contributed by atoms with Crippen molar-refractivity contribution in [1.82, 2.24) is 14.3 Å². The Morgan fingerprint density at radius 3 is 2.68 bits per heavy atom. The number of halogens is 1. The first-order valence-corrected chi connectivity index (χ1v) is 11.2. The first-order valence-electron chi connectivity index (χ1n) is 9.34. The number of nitro groups is 1. The van der Waals surface area contributed by atoms with Crippen molar-refractivity contribution in [3.63, 3.8) is 0 Å². The molecule has 1 aromatic carbocycles. The molecule has 0 aliphatic carbocycles. The molecule has 3 aromatic rings. The summed E-state index contributed by atoms with van der Waals surface area (Å²) < 4.78 is 44.1. The SMILES string of the molecule is COc1ccc(F)cc1-c1ccnc2[nH]c(C3=CCN(S(C)(=O)=O)CC3)c([N+](=O)[O-])c12. The van der Waals surface area contributed by atoms with Crippen LogP contribution in [0.5, 0.6) is 5.75 Å². The van der Waals surface area contributed by atoms with Crippen molar-refractivity contribution >= 4 is 32.3 Å². The molecule has 162 valence electrons. The summed E-state index contributed by atoms with van der Waals surface area (Å²) >= 11 is 0. The van der Waals surface area contributed by atoms with E-state index in [0.29, 0.717) is 28.9 Å². The number of aromatic amines is 1. The summed E-state index contributed by atoms with van der Waals surface area (Å²) in [5, 5.41) is 12.3. The molecule has 3 heterocycles. The van der Waals surface area contributed by atoms with Gasteiger partial charge in [-0.25, -0.2) is 17.8 Å². The molecule has 0 atom stereocenters. The number of hydrogen-bond donors (Lipinski definition) is 1. The van der Waals surface area contributed by atoms with Gasteiger partial charge in [0.15, 0.2) is 0 Å². The fourth-order valence-corrected chi connectivity index (χ4v) is 4.58. The lowest BCUT2D eigenvalue weighted by Gasteiger charge is -2.23. The van der Waals surface area contributed by atoms with E-state index in [1.165, 1.54) is 35.8 Å². The van der Waals surface area contributed by atoms with Crippen molar-refractivity contribution in [1.29, 1.82) is 0 Å². The second kappa shape index (κ2) is 7.75.